The van der Waals surface area contributed by atoms with E-state index in [1.807, 2.05) is 53.8 Å². The lowest BCUT2D eigenvalue weighted by Crippen LogP contribution is -2.54. The van der Waals surface area contributed by atoms with Gasteiger partial charge in [0.2, 0.25) is 0 Å². The Morgan fingerprint density at radius 3 is 1.57 bits per heavy atom. The van der Waals surface area contributed by atoms with Crippen molar-refractivity contribution in [3.05, 3.63) is 192 Å². The number of hydrogen-bond donors (Lipinski definition) is 5. The number of nitrogens with one attached hydrogen (secondary N) is 3. The Labute approximate surface area is 290 Å². The van der Waals surface area contributed by atoms with E-state index < -0.39 is 0 Å². The summed E-state index contributed by atoms with van der Waals surface area (Å²) in [6.07, 6.45) is 3.54. The number of allylic oxidation sites excluding steroid dienone is 2. The average molecular weight is 656 g/mol. The highest BCUT2D eigenvalue weighted by atomic mass is 32.1. The summed E-state index contributed by atoms with van der Waals surface area (Å²) in [5, 5.41) is 14.1. The fourth-order valence-corrected chi connectivity index (χ4v) is 7.81. The molecule has 8 rings (SSSR count). The van der Waals surface area contributed by atoms with E-state index in [-0.39, 0.29) is 18.5 Å². The zero-order valence-corrected chi connectivity index (χ0v) is 27.7. The van der Waals surface area contributed by atoms with Gasteiger partial charge in [-0.2, -0.15) is 0 Å². The van der Waals surface area contributed by atoms with Gasteiger partial charge in [0.1, 0.15) is 0 Å². The lowest BCUT2D eigenvalue weighted by Gasteiger charge is -2.39. The van der Waals surface area contributed by atoms with Crippen LogP contribution in [0.3, 0.4) is 0 Å². The molecule has 1 fully saturated rings. The molecule has 0 aliphatic carbocycles. The summed E-state index contributed by atoms with van der Waals surface area (Å²) in [6.45, 7) is 0. The van der Waals surface area contributed by atoms with Gasteiger partial charge < -0.3 is 11.5 Å². The number of rotatable bonds is 7. The van der Waals surface area contributed by atoms with Crippen molar-refractivity contribution < 1.29 is 0 Å². The van der Waals surface area contributed by atoms with Crippen molar-refractivity contribution in [1.82, 2.24) is 16.0 Å². The fraction of sp³-hybridized carbons (Fsp3) is 0.0698. The fourth-order valence-electron chi connectivity index (χ4n) is 6.59. The van der Waals surface area contributed by atoms with Crippen LogP contribution in [0.4, 0.5) is 0 Å². The maximum absolute atomic E-state index is 6.54. The highest BCUT2D eigenvalue weighted by Crippen LogP contribution is 2.42. The Bertz CT molecular complexity index is 2230. The van der Waals surface area contributed by atoms with Gasteiger partial charge in [-0.3, -0.25) is 16.0 Å². The molecule has 0 saturated carbocycles. The van der Waals surface area contributed by atoms with Crippen molar-refractivity contribution >= 4 is 42.9 Å². The van der Waals surface area contributed by atoms with Gasteiger partial charge in [-0.1, -0.05) is 133 Å². The molecule has 0 radical (unpaired) electrons. The molecule has 7 aromatic rings. The maximum atomic E-state index is 6.54. The summed E-state index contributed by atoms with van der Waals surface area (Å²) in [5.41, 5.74) is 22.0. The van der Waals surface area contributed by atoms with Gasteiger partial charge in [-0.25, -0.2) is 0 Å². The molecule has 1 aliphatic heterocycles. The second-order valence-corrected chi connectivity index (χ2v) is 13.4. The van der Waals surface area contributed by atoms with E-state index in [2.05, 4.69) is 137 Å². The summed E-state index contributed by atoms with van der Waals surface area (Å²) >= 11 is 1.84. The highest BCUT2D eigenvalue weighted by molar-refractivity contribution is 7.26. The number of fused-ring (bicyclic) bond motifs is 3. The van der Waals surface area contributed by atoms with E-state index in [0.29, 0.717) is 11.4 Å². The molecule has 5 nitrogen and oxygen atoms in total. The van der Waals surface area contributed by atoms with Gasteiger partial charge >= 0.3 is 0 Å². The SMILES string of the molecule is N/C(=C\C=C(/N)c1ccc(-c2cc(C3NC(c4ccccc4)NC(c4ccccc4)N3)cc3c2sc2ccccc23)cc1)c1ccccc1. The molecule has 6 heteroatoms. The Kier molecular flexibility index (Phi) is 8.52. The minimum absolute atomic E-state index is 0.0463. The van der Waals surface area contributed by atoms with Crippen LogP contribution in [0, 0.1) is 0 Å². The summed E-state index contributed by atoms with van der Waals surface area (Å²) in [6, 6.07) is 53.0. The number of hydrogen-bond acceptors (Lipinski definition) is 6. The quantitative estimate of drug-likeness (QED) is 0.111. The second-order valence-electron chi connectivity index (χ2n) is 12.4. The lowest BCUT2D eigenvalue weighted by atomic mass is 9.96. The van der Waals surface area contributed by atoms with Gasteiger partial charge in [0, 0.05) is 31.6 Å². The van der Waals surface area contributed by atoms with Crippen LogP contribution in [0.2, 0.25) is 0 Å². The first kappa shape index (κ1) is 30.8. The maximum Gasteiger partial charge on any atom is 0.0865 e. The van der Waals surface area contributed by atoms with Gasteiger partial charge in [0.05, 0.1) is 18.5 Å². The summed E-state index contributed by atoms with van der Waals surface area (Å²) in [7, 11) is 0. The van der Waals surface area contributed by atoms with Crippen molar-refractivity contribution in [3.63, 3.8) is 0 Å². The number of nitrogens with two attached hydrogens (primary N) is 2. The van der Waals surface area contributed by atoms with E-state index in [4.69, 9.17) is 11.5 Å². The topological polar surface area (TPSA) is 88.1 Å². The normalized spacial score (nSPS) is 18.6. The van der Waals surface area contributed by atoms with Crippen molar-refractivity contribution in [3.8, 4) is 11.1 Å². The molecule has 0 amide bonds. The molecule has 0 spiro atoms. The van der Waals surface area contributed by atoms with Crippen LogP contribution in [-0.2, 0) is 0 Å². The molecule has 6 aromatic carbocycles. The third-order valence-electron chi connectivity index (χ3n) is 9.18. The summed E-state index contributed by atoms with van der Waals surface area (Å²) in [5.74, 6) is 0. The van der Waals surface area contributed by atoms with Crippen LogP contribution in [0.25, 0.3) is 42.7 Å². The Balaban J connectivity index is 1.19. The lowest BCUT2D eigenvalue weighted by molar-refractivity contribution is 0.203. The molecular formula is C43H37N5S. The largest absolute Gasteiger partial charge is 0.398 e. The van der Waals surface area contributed by atoms with Gasteiger partial charge in [-0.15, -0.1) is 11.3 Å². The number of benzene rings is 6. The Morgan fingerprint density at radius 2 is 0.980 bits per heavy atom. The molecule has 49 heavy (non-hydrogen) atoms. The molecule has 2 heterocycles. The van der Waals surface area contributed by atoms with Crippen molar-refractivity contribution in [1.29, 1.82) is 0 Å². The van der Waals surface area contributed by atoms with Gasteiger partial charge in [0.15, 0.2) is 0 Å². The van der Waals surface area contributed by atoms with E-state index in [1.165, 1.54) is 42.4 Å². The zero-order valence-electron chi connectivity index (χ0n) is 26.9. The molecule has 240 valence electrons. The van der Waals surface area contributed by atoms with E-state index in [0.717, 1.165) is 16.7 Å². The van der Waals surface area contributed by atoms with Crippen LogP contribution in [-0.4, -0.2) is 0 Å². The minimum Gasteiger partial charge on any atom is -0.398 e. The molecule has 7 N–H and O–H groups in total. The van der Waals surface area contributed by atoms with Crippen LogP contribution in [0.15, 0.2) is 164 Å². The Hall–Kier alpha value is -5.50. The van der Waals surface area contributed by atoms with Crippen LogP contribution in [0.1, 0.15) is 46.3 Å². The standard InChI is InChI=1S/C43H37N5S/c44-37(29-12-4-1-5-13-29)24-25-38(45)30-22-20-28(21-23-30)35-26-33(27-36-34-18-10-11-19-39(34)49-40(35)36)43-47-41(31-14-6-2-7-15-31)46-42(48-43)32-16-8-3-9-17-32/h1-27,41-43,46-48H,44-45H2/b37-24-,38-25-. The smallest absolute Gasteiger partial charge is 0.0865 e. The van der Waals surface area contributed by atoms with Gasteiger partial charge in [-0.05, 0) is 69.3 Å². The first-order valence-electron chi connectivity index (χ1n) is 16.5. The van der Waals surface area contributed by atoms with E-state index in [9.17, 15) is 0 Å². The first-order chi connectivity index (χ1) is 24.1. The second kappa shape index (κ2) is 13.5. The van der Waals surface area contributed by atoms with Crippen LogP contribution in [0.5, 0.6) is 0 Å². The summed E-state index contributed by atoms with van der Waals surface area (Å²) < 4.78 is 2.55. The third-order valence-corrected chi connectivity index (χ3v) is 10.4. The van der Waals surface area contributed by atoms with E-state index >= 15 is 0 Å². The first-order valence-corrected chi connectivity index (χ1v) is 17.3. The molecule has 0 bridgehead atoms. The molecule has 1 aromatic heterocycles. The van der Waals surface area contributed by atoms with E-state index in [1.54, 1.807) is 0 Å². The van der Waals surface area contributed by atoms with Crippen molar-refractivity contribution in [2.24, 2.45) is 11.5 Å². The minimum atomic E-state index is -0.113. The average Bonchev–Trinajstić information content (AvgIpc) is 3.56. The molecule has 2 unspecified atom stereocenters. The molecule has 1 saturated heterocycles. The predicted octanol–water partition coefficient (Wildman–Crippen LogP) is 9.20. The molecule has 1 aliphatic rings. The van der Waals surface area contributed by atoms with Crippen molar-refractivity contribution in [2.75, 3.05) is 0 Å². The predicted molar refractivity (Wildman–Crippen MR) is 206 cm³/mol. The third kappa shape index (κ3) is 6.38. The van der Waals surface area contributed by atoms with Crippen LogP contribution >= 0.6 is 11.3 Å². The van der Waals surface area contributed by atoms with Crippen LogP contribution < -0.4 is 27.4 Å². The zero-order chi connectivity index (χ0) is 33.2. The van der Waals surface area contributed by atoms with Gasteiger partial charge in [0.25, 0.3) is 0 Å². The monoisotopic (exact) mass is 655 g/mol. The highest BCUT2D eigenvalue weighted by Gasteiger charge is 2.30. The molecular weight excluding hydrogens is 619 g/mol. The molecule has 2 atom stereocenters. The number of thiophene rings is 1. The van der Waals surface area contributed by atoms with Crippen molar-refractivity contribution in [2.45, 2.75) is 18.5 Å². The Morgan fingerprint density at radius 1 is 0.490 bits per heavy atom. The summed E-state index contributed by atoms with van der Waals surface area (Å²) in [4.78, 5) is 0.